The van der Waals surface area contributed by atoms with Crippen molar-refractivity contribution in [2.75, 3.05) is 5.32 Å². The van der Waals surface area contributed by atoms with Crippen LogP contribution in [0.2, 0.25) is 5.15 Å². The molecule has 4 nitrogen and oxygen atoms in total. The zero-order valence-electron chi connectivity index (χ0n) is 13.8. The SMILES string of the molecule is C[C@H]1CCc2c(sc3c2C(=O)N[C@H](c2c(Cl)[nH]c4ccccc24)N3)C1. The van der Waals surface area contributed by atoms with E-state index in [-0.39, 0.29) is 12.1 Å². The summed E-state index contributed by atoms with van der Waals surface area (Å²) in [6.45, 7) is 2.28. The maximum atomic E-state index is 12.9. The van der Waals surface area contributed by atoms with Crippen LogP contribution in [0.1, 0.15) is 45.9 Å². The lowest BCUT2D eigenvalue weighted by Gasteiger charge is -2.27. The smallest absolute Gasteiger partial charge is 0.256 e. The van der Waals surface area contributed by atoms with E-state index in [9.17, 15) is 4.79 Å². The Morgan fingerprint density at radius 1 is 1.24 bits per heavy atom. The van der Waals surface area contributed by atoms with E-state index in [1.807, 2.05) is 24.3 Å². The number of nitrogens with one attached hydrogen (secondary N) is 3. The van der Waals surface area contributed by atoms with Crippen molar-refractivity contribution < 1.29 is 4.79 Å². The van der Waals surface area contributed by atoms with Crippen molar-refractivity contribution in [1.82, 2.24) is 10.3 Å². The third kappa shape index (κ3) is 2.29. The number of aromatic nitrogens is 1. The van der Waals surface area contributed by atoms with Crippen LogP contribution in [0.25, 0.3) is 10.9 Å². The number of halogens is 1. The Labute approximate surface area is 154 Å². The molecule has 1 aliphatic carbocycles. The number of para-hydroxylation sites is 1. The number of carbonyl (C=O) groups excluding carboxylic acids is 1. The zero-order valence-corrected chi connectivity index (χ0v) is 15.4. The molecule has 1 aliphatic heterocycles. The molecule has 2 atom stereocenters. The van der Waals surface area contributed by atoms with Gasteiger partial charge >= 0.3 is 0 Å². The lowest BCUT2D eigenvalue weighted by molar-refractivity contribution is 0.0935. The first kappa shape index (κ1) is 15.3. The van der Waals surface area contributed by atoms with Crippen LogP contribution in [0.3, 0.4) is 0 Å². The minimum Gasteiger partial charge on any atom is -0.352 e. The summed E-state index contributed by atoms with van der Waals surface area (Å²) in [5.74, 6) is 0.696. The number of hydrogen-bond donors (Lipinski definition) is 3. The monoisotopic (exact) mass is 371 g/mol. The second-order valence-electron chi connectivity index (χ2n) is 7.00. The summed E-state index contributed by atoms with van der Waals surface area (Å²) in [6, 6.07) is 7.97. The van der Waals surface area contributed by atoms with Gasteiger partial charge in [-0.2, -0.15) is 0 Å². The Morgan fingerprint density at radius 3 is 2.96 bits per heavy atom. The summed E-state index contributed by atoms with van der Waals surface area (Å²) in [5.41, 5.74) is 3.96. The summed E-state index contributed by atoms with van der Waals surface area (Å²) < 4.78 is 0. The average molecular weight is 372 g/mol. The Kier molecular flexibility index (Phi) is 3.37. The molecule has 5 rings (SSSR count). The minimum atomic E-state index is -0.318. The molecule has 3 aromatic rings. The Morgan fingerprint density at radius 2 is 2.08 bits per heavy atom. The maximum Gasteiger partial charge on any atom is 0.256 e. The van der Waals surface area contributed by atoms with Gasteiger partial charge in [0.1, 0.15) is 16.3 Å². The second-order valence-corrected chi connectivity index (χ2v) is 8.49. The molecule has 3 N–H and O–H groups in total. The van der Waals surface area contributed by atoms with E-state index in [2.05, 4.69) is 22.5 Å². The van der Waals surface area contributed by atoms with Crippen LogP contribution in [0.4, 0.5) is 5.00 Å². The standard InChI is InChI=1S/C19H18ClN3OS/c1-9-6-7-11-13(8-9)25-19-15(11)18(24)22-17(23-19)14-10-4-2-3-5-12(10)21-16(14)20/h2-5,9,17,21,23H,6-8H2,1H3,(H,22,24)/t9-,17-/m0/s1. The molecular formula is C19H18ClN3OS. The van der Waals surface area contributed by atoms with Gasteiger partial charge in [0.25, 0.3) is 5.91 Å². The van der Waals surface area contributed by atoms with Crippen molar-refractivity contribution >= 4 is 44.7 Å². The number of aromatic amines is 1. The van der Waals surface area contributed by atoms with Gasteiger partial charge in [0.05, 0.1) is 5.56 Å². The molecule has 0 saturated carbocycles. The van der Waals surface area contributed by atoms with E-state index in [0.29, 0.717) is 11.1 Å². The van der Waals surface area contributed by atoms with E-state index < -0.39 is 0 Å². The quantitative estimate of drug-likeness (QED) is 0.572. The number of thiophene rings is 1. The van der Waals surface area contributed by atoms with Gasteiger partial charge in [-0.1, -0.05) is 36.7 Å². The van der Waals surface area contributed by atoms with Gasteiger partial charge in [-0.15, -0.1) is 11.3 Å². The van der Waals surface area contributed by atoms with Crippen LogP contribution < -0.4 is 10.6 Å². The third-order valence-electron chi connectivity index (χ3n) is 5.28. The summed E-state index contributed by atoms with van der Waals surface area (Å²) in [6.07, 6.45) is 2.90. The highest BCUT2D eigenvalue weighted by molar-refractivity contribution is 7.16. The van der Waals surface area contributed by atoms with Gasteiger partial charge in [-0.3, -0.25) is 4.79 Å². The van der Waals surface area contributed by atoms with Crippen LogP contribution in [0.5, 0.6) is 0 Å². The molecule has 0 spiro atoms. The molecule has 6 heteroatoms. The number of hydrogen-bond acceptors (Lipinski definition) is 3. The van der Waals surface area contributed by atoms with Crippen LogP contribution in [-0.2, 0) is 12.8 Å². The highest BCUT2D eigenvalue weighted by Crippen LogP contribution is 2.44. The molecule has 0 fully saturated rings. The molecule has 0 bridgehead atoms. The summed E-state index contributed by atoms with van der Waals surface area (Å²) >= 11 is 8.18. The number of fused-ring (bicyclic) bond motifs is 4. The van der Waals surface area contributed by atoms with Crippen LogP contribution in [0.15, 0.2) is 24.3 Å². The predicted octanol–water partition coefficient (Wildman–Crippen LogP) is 4.86. The molecule has 0 radical (unpaired) electrons. The number of amides is 1. The van der Waals surface area contributed by atoms with Crippen molar-refractivity contribution in [3.63, 3.8) is 0 Å². The van der Waals surface area contributed by atoms with Gasteiger partial charge in [-0.05, 0) is 36.8 Å². The lowest BCUT2D eigenvalue weighted by Crippen LogP contribution is -2.38. The Bertz CT molecular complexity index is 1010. The summed E-state index contributed by atoms with van der Waals surface area (Å²) in [4.78, 5) is 17.4. The largest absolute Gasteiger partial charge is 0.352 e. The van der Waals surface area contributed by atoms with E-state index in [4.69, 9.17) is 11.6 Å². The highest BCUT2D eigenvalue weighted by atomic mass is 35.5. The molecule has 128 valence electrons. The summed E-state index contributed by atoms with van der Waals surface area (Å²) in [5, 5.41) is 9.20. The summed E-state index contributed by atoms with van der Waals surface area (Å²) in [7, 11) is 0. The number of rotatable bonds is 1. The van der Waals surface area contributed by atoms with Gasteiger partial charge in [-0.25, -0.2) is 0 Å². The van der Waals surface area contributed by atoms with Crippen molar-refractivity contribution in [2.24, 2.45) is 5.92 Å². The average Bonchev–Trinajstić information content (AvgIpc) is 3.10. The van der Waals surface area contributed by atoms with E-state index in [1.54, 1.807) is 11.3 Å². The Balaban J connectivity index is 1.59. The first-order valence-electron chi connectivity index (χ1n) is 8.60. The van der Waals surface area contributed by atoms with Gasteiger partial charge in [0.15, 0.2) is 0 Å². The van der Waals surface area contributed by atoms with Crippen molar-refractivity contribution in [2.45, 2.75) is 32.4 Å². The molecule has 0 unspecified atom stereocenters. The van der Waals surface area contributed by atoms with Gasteiger partial charge in [0, 0.05) is 21.3 Å². The molecule has 1 aromatic carbocycles. The van der Waals surface area contributed by atoms with Gasteiger partial charge < -0.3 is 15.6 Å². The van der Waals surface area contributed by atoms with E-state index in [1.165, 1.54) is 10.4 Å². The second kappa shape index (κ2) is 5.51. The predicted molar refractivity (Wildman–Crippen MR) is 103 cm³/mol. The van der Waals surface area contributed by atoms with Crippen molar-refractivity contribution in [1.29, 1.82) is 0 Å². The number of benzene rings is 1. The lowest BCUT2D eigenvalue weighted by atomic mass is 9.88. The molecular weight excluding hydrogens is 354 g/mol. The van der Waals surface area contributed by atoms with Crippen LogP contribution in [-0.4, -0.2) is 10.9 Å². The number of carbonyl (C=O) groups is 1. The first-order valence-corrected chi connectivity index (χ1v) is 9.79. The van der Waals surface area contributed by atoms with Crippen LogP contribution in [0, 0.1) is 5.92 Å². The number of anilines is 1. The Hall–Kier alpha value is -1.98. The van der Waals surface area contributed by atoms with Crippen LogP contribution >= 0.6 is 22.9 Å². The fourth-order valence-electron chi connectivity index (χ4n) is 4.02. The highest BCUT2D eigenvalue weighted by Gasteiger charge is 2.34. The van der Waals surface area contributed by atoms with Gasteiger partial charge in [0.2, 0.25) is 0 Å². The zero-order chi connectivity index (χ0) is 17.1. The first-order chi connectivity index (χ1) is 12.1. The maximum absolute atomic E-state index is 12.9. The fourth-order valence-corrected chi connectivity index (χ4v) is 5.77. The molecule has 0 saturated heterocycles. The normalized spacial score (nSPS) is 22.2. The number of H-pyrrole nitrogens is 1. The molecule has 2 aromatic heterocycles. The molecule has 25 heavy (non-hydrogen) atoms. The molecule has 1 amide bonds. The van der Waals surface area contributed by atoms with E-state index in [0.717, 1.165) is 46.3 Å². The minimum absolute atomic E-state index is 0.00662. The van der Waals surface area contributed by atoms with Crippen molar-refractivity contribution in [3.8, 4) is 0 Å². The fraction of sp³-hybridized carbons (Fsp3) is 0.316. The molecule has 2 aliphatic rings. The van der Waals surface area contributed by atoms with Crippen molar-refractivity contribution in [3.05, 3.63) is 51.0 Å². The van der Waals surface area contributed by atoms with E-state index >= 15 is 0 Å². The molecule has 3 heterocycles. The third-order valence-corrected chi connectivity index (χ3v) is 6.76. The topological polar surface area (TPSA) is 56.9 Å².